The van der Waals surface area contributed by atoms with Crippen molar-refractivity contribution in [1.29, 1.82) is 0 Å². The zero-order valence-electron chi connectivity index (χ0n) is 22.6. The van der Waals surface area contributed by atoms with Crippen molar-refractivity contribution in [2.45, 2.75) is 46.5 Å². The average Bonchev–Trinajstić information content (AvgIpc) is 2.90. The van der Waals surface area contributed by atoms with E-state index in [-0.39, 0.29) is 17.0 Å². The average molecular weight is 545 g/mol. The fraction of sp³-hybridized carbons (Fsp3) is 0.448. The Bertz CT molecular complexity index is 1390. The Morgan fingerprint density at radius 2 is 1.51 bits per heavy atom. The summed E-state index contributed by atoms with van der Waals surface area (Å²) in [5.74, 6) is 0.222. The van der Waals surface area contributed by atoms with Crippen molar-refractivity contribution < 1.29 is 17.9 Å². The first kappa shape index (κ1) is 28.5. The summed E-state index contributed by atoms with van der Waals surface area (Å²) in [6.45, 7) is 8.59. The lowest BCUT2D eigenvalue weighted by Gasteiger charge is -2.36. The van der Waals surface area contributed by atoms with Gasteiger partial charge >= 0.3 is 11.9 Å². The summed E-state index contributed by atoms with van der Waals surface area (Å²) in [4.78, 5) is 30.3. The fourth-order valence-electron chi connectivity index (χ4n) is 5.04. The topological polar surface area (TPSA) is 59.7 Å². The van der Waals surface area contributed by atoms with Gasteiger partial charge in [0.25, 0.3) is 5.56 Å². The van der Waals surface area contributed by atoms with E-state index in [9.17, 15) is 22.8 Å². The number of halogens is 3. The molecule has 0 N–H and O–H groups in total. The van der Waals surface area contributed by atoms with Gasteiger partial charge in [-0.05, 0) is 62.6 Å². The quantitative estimate of drug-likeness (QED) is 0.406. The molecule has 0 saturated carbocycles. The summed E-state index contributed by atoms with van der Waals surface area (Å²) in [6.07, 6.45) is -2.12. The molecular weight excluding hydrogens is 509 g/mol. The van der Waals surface area contributed by atoms with Crippen molar-refractivity contribution in [3.63, 3.8) is 0 Å². The van der Waals surface area contributed by atoms with Crippen molar-refractivity contribution in [3.8, 4) is 5.75 Å². The van der Waals surface area contributed by atoms with Crippen molar-refractivity contribution >= 4 is 5.69 Å². The number of alkyl halides is 3. The molecular formula is C29H35F3N4O3. The molecule has 39 heavy (non-hydrogen) atoms. The highest BCUT2D eigenvalue weighted by Gasteiger charge is 2.29. The van der Waals surface area contributed by atoms with Crippen LogP contribution in [0.5, 0.6) is 5.75 Å². The molecule has 0 unspecified atom stereocenters. The van der Waals surface area contributed by atoms with E-state index in [1.165, 1.54) is 4.57 Å². The molecule has 1 aliphatic rings. The second kappa shape index (κ2) is 12.1. The number of hydrogen-bond donors (Lipinski definition) is 0. The number of rotatable bonds is 9. The molecule has 0 bridgehead atoms. The Kier molecular flexibility index (Phi) is 8.84. The van der Waals surface area contributed by atoms with Gasteiger partial charge in [-0.25, -0.2) is 4.79 Å². The SMILES string of the molecule is Cc1cccc(C)c1Cn1cc(C)c(=O)n(CCCN2CCN(c3ccccc3OCC(F)(F)F)CC2)c1=O. The van der Waals surface area contributed by atoms with Crippen LogP contribution in [0.3, 0.4) is 0 Å². The van der Waals surface area contributed by atoms with Gasteiger partial charge in [0, 0.05) is 44.5 Å². The van der Waals surface area contributed by atoms with Crippen LogP contribution < -0.4 is 20.9 Å². The number of hydrogen-bond acceptors (Lipinski definition) is 5. The predicted molar refractivity (Wildman–Crippen MR) is 146 cm³/mol. The molecule has 0 radical (unpaired) electrons. The summed E-state index contributed by atoms with van der Waals surface area (Å²) in [6, 6.07) is 12.8. The van der Waals surface area contributed by atoms with Crippen LogP contribution in [-0.2, 0) is 13.1 Å². The van der Waals surface area contributed by atoms with Crippen LogP contribution in [0, 0.1) is 20.8 Å². The standard InChI is InChI=1S/C29H35F3N4O3/c1-21-8-6-9-22(2)24(21)19-35-18-23(3)27(37)36(28(35)38)13-7-12-33-14-16-34(17-15-33)25-10-4-5-11-26(25)39-20-29(30,31)32/h4-6,8-11,18H,7,12-17,19-20H2,1-3H3. The molecule has 0 amide bonds. The molecule has 3 aromatic rings. The summed E-state index contributed by atoms with van der Waals surface area (Å²) in [7, 11) is 0. The first-order valence-corrected chi connectivity index (χ1v) is 13.2. The minimum Gasteiger partial charge on any atom is -0.482 e. The maximum Gasteiger partial charge on any atom is 0.422 e. The van der Waals surface area contributed by atoms with E-state index in [4.69, 9.17) is 4.74 Å². The summed E-state index contributed by atoms with van der Waals surface area (Å²) in [5, 5.41) is 0. The third kappa shape index (κ3) is 7.11. The third-order valence-electron chi connectivity index (χ3n) is 7.21. The lowest BCUT2D eigenvalue weighted by Crippen LogP contribution is -2.47. The zero-order valence-corrected chi connectivity index (χ0v) is 22.6. The summed E-state index contributed by atoms with van der Waals surface area (Å²) >= 11 is 0. The summed E-state index contributed by atoms with van der Waals surface area (Å²) < 4.78 is 45.9. The molecule has 1 aliphatic heterocycles. The minimum atomic E-state index is -4.40. The Morgan fingerprint density at radius 1 is 0.846 bits per heavy atom. The molecule has 2 heterocycles. The van der Waals surface area contributed by atoms with Crippen LogP contribution in [0.25, 0.3) is 0 Å². The Hall–Kier alpha value is -3.53. The van der Waals surface area contributed by atoms with E-state index in [2.05, 4.69) is 4.90 Å². The number of benzene rings is 2. The second-order valence-electron chi connectivity index (χ2n) is 10.1. The number of ether oxygens (including phenoxy) is 1. The second-order valence-corrected chi connectivity index (χ2v) is 10.1. The molecule has 2 aromatic carbocycles. The molecule has 7 nitrogen and oxygen atoms in total. The molecule has 0 spiro atoms. The van der Waals surface area contributed by atoms with E-state index >= 15 is 0 Å². The number of aromatic nitrogens is 2. The maximum absolute atomic E-state index is 13.2. The molecule has 0 atom stereocenters. The molecule has 0 aliphatic carbocycles. The fourth-order valence-corrected chi connectivity index (χ4v) is 5.04. The predicted octanol–water partition coefficient (Wildman–Crippen LogP) is 4.14. The molecule has 1 saturated heterocycles. The Balaban J connectivity index is 1.36. The Labute approximate surface area is 226 Å². The van der Waals surface area contributed by atoms with Gasteiger partial charge < -0.3 is 9.64 Å². The minimum absolute atomic E-state index is 0.222. The normalized spacial score (nSPS) is 14.6. The lowest BCUT2D eigenvalue weighted by molar-refractivity contribution is -0.153. The van der Waals surface area contributed by atoms with Gasteiger partial charge in [-0.1, -0.05) is 30.3 Å². The molecule has 10 heteroatoms. The molecule has 1 aromatic heterocycles. The molecule has 1 fully saturated rings. The van der Waals surface area contributed by atoms with Crippen molar-refractivity contribution in [1.82, 2.24) is 14.0 Å². The van der Waals surface area contributed by atoms with Crippen LogP contribution in [0.1, 0.15) is 28.7 Å². The van der Waals surface area contributed by atoms with Gasteiger partial charge in [-0.15, -0.1) is 0 Å². The highest BCUT2D eigenvalue weighted by atomic mass is 19.4. The van der Waals surface area contributed by atoms with Gasteiger partial charge in [-0.2, -0.15) is 13.2 Å². The van der Waals surface area contributed by atoms with Crippen LogP contribution in [0.4, 0.5) is 18.9 Å². The monoisotopic (exact) mass is 544 g/mol. The number of nitrogens with zero attached hydrogens (tertiary/aromatic N) is 4. The number of para-hydroxylation sites is 2. The first-order chi connectivity index (χ1) is 18.5. The van der Waals surface area contributed by atoms with Crippen LogP contribution in [-0.4, -0.2) is 59.5 Å². The van der Waals surface area contributed by atoms with Gasteiger partial charge in [0.1, 0.15) is 5.75 Å². The first-order valence-electron chi connectivity index (χ1n) is 13.2. The van der Waals surface area contributed by atoms with E-state index < -0.39 is 12.8 Å². The smallest absolute Gasteiger partial charge is 0.422 e. The lowest BCUT2D eigenvalue weighted by atomic mass is 10.0. The molecule has 210 valence electrons. The van der Waals surface area contributed by atoms with E-state index in [0.717, 1.165) is 16.7 Å². The van der Waals surface area contributed by atoms with Crippen molar-refractivity contribution in [3.05, 3.63) is 91.8 Å². The van der Waals surface area contributed by atoms with Crippen LogP contribution in [0.2, 0.25) is 0 Å². The van der Waals surface area contributed by atoms with Gasteiger partial charge in [0.2, 0.25) is 0 Å². The van der Waals surface area contributed by atoms with Gasteiger partial charge in [0.05, 0.1) is 12.2 Å². The van der Waals surface area contributed by atoms with Crippen LogP contribution in [0.15, 0.2) is 58.3 Å². The van der Waals surface area contributed by atoms with E-state index in [0.29, 0.717) is 63.5 Å². The van der Waals surface area contributed by atoms with Gasteiger partial charge in [0.15, 0.2) is 6.61 Å². The van der Waals surface area contributed by atoms with E-state index in [1.807, 2.05) is 36.9 Å². The summed E-state index contributed by atoms with van der Waals surface area (Å²) in [5.41, 5.74) is 3.88. The van der Waals surface area contributed by atoms with Crippen LogP contribution >= 0.6 is 0 Å². The number of aryl methyl sites for hydroxylation is 3. The number of piperazine rings is 1. The number of anilines is 1. The third-order valence-corrected chi connectivity index (χ3v) is 7.21. The van der Waals surface area contributed by atoms with Crippen molar-refractivity contribution in [2.24, 2.45) is 0 Å². The van der Waals surface area contributed by atoms with E-state index in [1.54, 1.807) is 42.0 Å². The van der Waals surface area contributed by atoms with Gasteiger partial charge in [-0.3, -0.25) is 18.8 Å². The zero-order chi connectivity index (χ0) is 28.2. The van der Waals surface area contributed by atoms with Crippen molar-refractivity contribution in [2.75, 3.05) is 44.2 Å². The largest absolute Gasteiger partial charge is 0.482 e. The highest BCUT2D eigenvalue weighted by molar-refractivity contribution is 5.58. The molecule has 4 rings (SSSR count). The Morgan fingerprint density at radius 3 is 2.18 bits per heavy atom. The highest BCUT2D eigenvalue weighted by Crippen LogP contribution is 2.30. The maximum atomic E-state index is 13.2.